The molecule has 5 atom stereocenters. The molecule has 6 N–H and O–H groups in total. The van der Waals surface area contributed by atoms with Crippen LogP contribution in [0.5, 0.6) is 0 Å². The van der Waals surface area contributed by atoms with E-state index >= 15 is 0 Å². The van der Waals surface area contributed by atoms with E-state index in [1.54, 1.807) is 0 Å². The number of hydrogen-bond donors (Lipinski definition) is 6. The van der Waals surface area contributed by atoms with Gasteiger partial charge in [-0.25, -0.2) is 0 Å². The van der Waals surface area contributed by atoms with Crippen molar-refractivity contribution in [2.24, 2.45) is 0 Å². The lowest BCUT2D eigenvalue weighted by molar-refractivity contribution is -0.123. The van der Waals surface area contributed by atoms with Gasteiger partial charge in [0.25, 0.3) is 0 Å². The molecule has 1 fully saturated rings. The molecular formula is C9H20O7. The normalized spacial score (nSPS) is 26.1. The highest BCUT2D eigenvalue weighted by atomic mass is 16.6. The molecular weight excluding hydrogens is 220 g/mol. The van der Waals surface area contributed by atoms with Gasteiger partial charge >= 0.3 is 0 Å². The summed E-state index contributed by atoms with van der Waals surface area (Å²) in [6.45, 7) is 1.59. The van der Waals surface area contributed by atoms with E-state index in [9.17, 15) is 0 Å². The minimum Gasteiger partial charge on any atom is -0.394 e. The third-order valence-electron chi connectivity index (χ3n) is 2.01. The van der Waals surface area contributed by atoms with Gasteiger partial charge in [-0.15, -0.1) is 0 Å². The van der Waals surface area contributed by atoms with Gasteiger partial charge in [-0.3, -0.25) is 0 Å². The number of epoxide rings is 1. The maximum atomic E-state index is 8.96. The van der Waals surface area contributed by atoms with Gasteiger partial charge in [-0.1, -0.05) is 0 Å². The van der Waals surface area contributed by atoms with Crippen molar-refractivity contribution in [3.63, 3.8) is 0 Å². The Morgan fingerprint density at radius 2 is 1.25 bits per heavy atom. The van der Waals surface area contributed by atoms with Crippen molar-refractivity contribution < 1.29 is 35.4 Å². The fourth-order valence-corrected chi connectivity index (χ4v) is 0.767. The Kier molecular flexibility index (Phi) is 7.77. The first-order valence-electron chi connectivity index (χ1n) is 4.99. The van der Waals surface area contributed by atoms with Gasteiger partial charge in [-0.2, -0.15) is 0 Å². The van der Waals surface area contributed by atoms with Crippen LogP contribution in [0.2, 0.25) is 0 Å². The van der Waals surface area contributed by atoms with E-state index in [4.69, 9.17) is 35.4 Å². The van der Waals surface area contributed by atoms with Crippen LogP contribution in [0.3, 0.4) is 0 Å². The number of hydrogen-bond acceptors (Lipinski definition) is 7. The average molecular weight is 240 g/mol. The highest BCUT2D eigenvalue weighted by Gasteiger charge is 2.29. The van der Waals surface area contributed by atoms with Crippen molar-refractivity contribution in [2.75, 3.05) is 19.8 Å². The van der Waals surface area contributed by atoms with Crippen molar-refractivity contribution >= 4 is 0 Å². The maximum Gasteiger partial charge on any atom is 0.111 e. The Labute approximate surface area is 93.5 Å². The smallest absolute Gasteiger partial charge is 0.111 e. The lowest BCUT2D eigenvalue weighted by atomic mass is 10.0. The predicted octanol–water partition coefficient (Wildman–Crippen LogP) is -3.18. The summed E-state index contributed by atoms with van der Waals surface area (Å²) in [6.07, 6.45) is -5.81. The zero-order chi connectivity index (χ0) is 12.7. The van der Waals surface area contributed by atoms with Crippen molar-refractivity contribution in [3.05, 3.63) is 0 Å². The van der Waals surface area contributed by atoms with Crippen LogP contribution >= 0.6 is 0 Å². The first-order valence-corrected chi connectivity index (χ1v) is 4.99. The van der Waals surface area contributed by atoms with Crippen molar-refractivity contribution in [1.82, 2.24) is 0 Å². The van der Waals surface area contributed by atoms with Gasteiger partial charge in [0.1, 0.15) is 24.4 Å². The molecule has 98 valence electrons. The molecule has 0 aromatic rings. The molecule has 1 heterocycles. The van der Waals surface area contributed by atoms with Crippen molar-refractivity contribution in [3.8, 4) is 0 Å². The molecule has 7 heteroatoms. The van der Waals surface area contributed by atoms with Gasteiger partial charge in [-0.05, 0) is 6.92 Å². The molecule has 0 radical (unpaired) electrons. The SMILES string of the molecule is CC1CO1.OCC(O)C(O)C(O)C(O)CO. The highest BCUT2D eigenvalue weighted by molar-refractivity contribution is 4.79. The third kappa shape index (κ3) is 6.33. The molecule has 0 aromatic heterocycles. The number of ether oxygens (including phenoxy) is 1. The van der Waals surface area contributed by atoms with Crippen LogP contribution in [0.15, 0.2) is 0 Å². The zero-order valence-corrected chi connectivity index (χ0v) is 9.10. The summed E-state index contributed by atoms with van der Waals surface area (Å²) in [5.41, 5.74) is 0. The second-order valence-electron chi connectivity index (χ2n) is 3.62. The van der Waals surface area contributed by atoms with Crippen LogP contribution < -0.4 is 0 Å². The summed E-state index contributed by atoms with van der Waals surface area (Å²) < 4.78 is 4.71. The minimum absolute atomic E-state index is 0.583. The quantitative estimate of drug-likeness (QED) is 0.279. The average Bonchev–Trinajstić information content (AvgIpc) is 3.08. The number of aliphatic hydroxyl groups is 6. The number of aliphatic hydroxyl groups excluding tert-OH is 6. The molecule has 7 nitrogen and oxygen atoms in total. The highest BCUT2D eigenvalue weighted by Crippen LogP contribution is 2.04. The van der Waals surface area contributed by atoms with Gasteiger partial charge < -0.3 is 35.4 Å². The van der Waals surface area contributed by atoms with Crippen LogP contribution in [-0.2, 0) is 4.74 Å². The zero-order valence-electron chi connectivity index (χ0n) is 9.10. The second-order valence-corrected chi connectivity index (χ2v) is 3.62. The summed E-state index contributed by atoms with van der Waals surface area (Å²) in [5, 5.41) is 52.2. The van der Waals surface area contributed by atoms with Gasteiger partial charge in [0.15, 0.2) is 0 Å². The Bertz CT molecular complexity index is 159. The Balaban J connectivity index is 0.000000462. The third-order valence-corrected chi connectivity index (χ3v) is 2.01. The molecule has 0 bridgehead atoms. The molecule has 0 aromatic carbocycles. The Hall–Kier alpha value is -0.280. The van der Waals surface area contributed by atoms with Crippen LogP contribution in [-0.4, -0.2) is 81.0 Å². The molecule has 0 saturated carbocycles. The summed E-state index contributed by atoms with van der Waals surface area (Å²) in [6, 6.07) is 0. The molecule has 0 amide bonds. The van der Waals surface area contributed by atoms with E-state index in [2.05, 4.69) is 6.92 Å². The topological polar surface area (TPSA) is 134 Å². The largest absolute Gasteiger partial charge is 0.394 e. The van der Waals surface area contributed by atoms with Gasteiger partial charge in [0.2, 0.25) is 0 Å². The van der Waals surface area contributed by atoms with Crippen LogP contribution in [0.1, 0.15) is 6.92 Å². The molecule has 0 spiro atoms. The van der Waals surface area contributed by atoms with Crippen LogP contribution in [0.4, 0.5) is 0 Å². The summed E-state index contributed by atoms with van der Waals surface area (Å²) in [4.78, 5) is 0. The summed E-state index contributed by atoms with van der Waals surface area (Å²) in [7, 11) is 0. The molecule has 1 aliphatic heterocycles. The number of rotatable bonds is 5. The molecule has 1 saturated heterocycles. The van der Waals surface area contributed by atoms with Crippen LogP contribution in [0.25, 0.3) is 0 Å². The molecule has 1 aliphatic rings. The fraction of sp³-hybridized carbons (Fsp3) is 1.00. The standard InChI is InChI=1S/C6H14O6.C3H6O/c7-1-3(9)5(11)6(12)4(10)2-8;1-3-2-4-3/h3-12H,1-2H2;3H,2H2,1H3. The lowest BCUT2D eigenvalue weighted by Crippen LogP contribution is -2.46. The first-order chi connectivity index (χ1) is 7.43. The molecule has 5 unspecified atom stereocenters. The van der Waals surface area contributed by atoms with Gasteiger partial charge in [0.05, 0.1) is 25.9 Å². The van der Waals surface area contributed by atoms with Crippen molar-refractivity contribution in [1.29, 1.82) is 0 Å². The lowest BCUT2D eigenvalue weighted by Gasteiger charge is -2.24. The Morgan fingerprint density at radius 3 is 1.38 bits per heavy atom. The molecule has 16 heavy (non-hydrogen) atoms. The first kappa shape index (κ1) is 15.7. The monoisotopic (exact) mass is 240 g/mol. The molecule has 0 aliphatic carbocycles. The van der Waals surface area contributed by atoms with Crippen LogP contribution in [0, 0.1) is 0 Å². The summed E-state index contributed by atoms with van der Waals surface area (Å²) in [5.74, 6) is 0. The minimum atomic E-state index is -1.67. The predicted molar refractivity (Wildman–Crippen MR) is 53.6 cm³/mol. The van der Waals surface area contributed by atoms with E-state index in [1.807, 2.05) is 0 Å². The van der Waals surface area contributed by atoms with E-state index < -0.39 is 37.6 Å². The summed E-state index contributed by atoms with van der Waals surface area (Å²) >= 11 is 0. The van der Waals surface area contributed by atoms with E-state index in [1.165, 1.54) is 0 Å². The fourth-order valence-electron chi connectivity index (χ4n) is 0.767. The van der Waals surface area contributed by atoms with E-state index in [0.29, 0.717) is 6.10 Å². The van der Waals surface area contributed by atoms with Crippen molar-refractivity contribution in [2.45, 2.75) is 37.4 Å². The molecule has 1 rings (SSSR count). The van der Waals surface area contributed by atoms with E-state index in [-0.39, 0.29) is 0 Å². The Morgan fingerprint density at radius 1 is 1.00 bits per heavy atom. The van der Waals surface area contributed by atoms with E-state index in [0.717, 1.165) is 6.61 Å². The second kappa shape index (κ2) is 7.91. The van der Waals surface area contributed by atoms with Gasteiger partial charge in [0, 0.05) is 0 Å². The maximum absolute atomic E-state index is 8.96.